The van der Waals surface area contributed by atoms with Crippen LogP contribution < -0.4 is 5.73 Å². The average molecular weight is 246 g/mol. The lowest BCUT2D eigenvalue weighted by Gasteiger charge is -2.08. The summed E-state index contributed by atoms with van der Waals surface area (Å²) < 4.78 is 15.7. The van der Waals surface area contributed by atoms with Crippen LogP contribution in [0.2, 0.25) is 0 Å². The average Bonchev–Trinajstić information content (AvgIpc) is 2.63. The van der Waals surface area contributed by atoms with Crippen molar-refractivity contribution in [2.45, 2.75) is 20.4 Å². The second kappa shape index (κ2) is 4.60. The van der Waals surface area contributed by atoms with Gasteiger partial charge in [-0.15, -0.1) is 0 Å². The lowest BCUT2D eigenvalue weighted by atomic mass is 10.1. The van der Waals surface area contributed by atoms with Crippen LogP contribution in [0, 0.1) is 25.1 Å². The minimum absolute atomic E-state index is 0.130. The molecule has 18 heavy (non-hydrogen) atoms. The number of hydrogen-bond donors (Lipinski definition) is 2. The van der Waals surface area contributed by atoms with E-state index in [4.69, 9.17) is 11.1 Å². The van der Waals surface area contributed by atoms with Crippen LogP contribution in [0.5, 0.6) is 0 Å². The van der Waals surface area contributed by atoms with Gasteiger partial charge in [0.1, 0.15) is 11.7 Å². The lowest BCUT2D eigenvalue weighted by Crippen LogP contribution is -2.12. The van der Waals surface area contributed by atoms with Crippen molar-refractivity contribution in [3.8, 4) is 0 Å². The van der Waals surface area contributed by atoms with E-state index in [-0.39, 0.29) is 11.7 Å². The van der Waals surface area contributed by atoms with Crippen molar-refractivity contribution >= 4 is 5.84 Å². The Hall–Kier alpha value is -2.17. The Kier molecular flexibility index (Phi) is 3.14. The lowest BCUT2D eigenvalue weighted by molar-refractivity contribution is 0.597. The second-order valence-electron chi connectivity index (χ2n) is 4.26. The van der Waals surface area contributed by atoms with Gasteiger partial charge in [-0.05, 0) is 19.9 Å². The molecule has 2 rings (SSSR count). The molecule has 5 heteroatoms. The van der Waals surface area contributed by atoms with E-state index in [1.54, 1.807) is 18.5 Å². The van der Waals surface area contributed by atoms with Gasteiger partial charge in [-0.1, -0.05) is 12.1 Å². The van der Waals surface area contributed by atoms with Crippen LogP contribution in [-0.4, -0.2) is 15.4 Å². The molecule has 0 fully saturated rings. The number of nitrogens with zero attached hydrogens (tertiary/aromatic N) is 2. The number of aryl methyl sites for hydroxylation is 1. The van der Waals surface area contributed by atoms with Gasteiger partial charge in [0.2, 0.25) is 0 Å². The smallest absolute Gasteiger partial charge is 0.128 e. The molecule has 0 unspecified atom stereocenters. The van der Waals surface area contributed by atoms with Gasteiger partial charge in [0.05, 0.1) is 18.6 Å². The maximum atomic E-state index is 13.8. The number of aromatic nitrogens is 2. The minimum Gasteiger partial charge on any atom is -0.384 e. The van der Waals surface area contributed by atoms with Gasteiger partial charge >= 0.3 is 0 Å². The van der Waals surface area contributed by atoms with Gasteiger partial charge in [-0.3, -0.25) is 5.41 Å². The fourth-order valence-electron chi connectivity index (χ4n) is 1.73. The molecular formula is C13H15FN4. The molecular weight excluding hydrogens is 231 g/mol. The molecule has 0 aliphatic rings. The van der Waals surface area contributed by atoms with Crippen molar-refractivity contribution in [3.63, 3.8) is 0 Å². The highest BCUT2D eigenvalue weighted by atomic mass is 19.1. The van der Waals surface area contributed by atoms with Crippen molar-refractivity contribution in [2.75, 3.05) is 0 Å². The first-order valence-electron chi connectivity index (χ1n) is 5.60. The van der Waals surface area contributed by atoms with Crippen LogP contribution in [0.3, 0.4) is 0 Å². The molecule has 0 saturated carbocycles. The van der Waals surface area contributed by atoms with Crippen LogP contribution in [0.4, 0.5) is 4.39 Å². The molecule has 0 amide bonds. The summed E-state index contributed by atoms with van der Waals surface area (Å²) >= 11 is 0. The van der Waals surface area contributed by atoms with Gasteiger partial charge < -0.3 is 10.3 Å². The molecule has 3 N–H and O–H groups in total. The minimum atomic E-state index is -0.353. The number of benzene rings is 1. The van der Waals surface area contributed by atoms with E-state index in [2.05, 4.69) is 4.98 Å². The first-order valence-corrected chi connectivity index (χ1v) is 5.60. The van der Waals surface area contributed by atoms with Crippen molar-refractivity contribution in [1.82, 2.24) is 9.55 Å². The monoisotopic (exact) mass is 246 g/mol. The SMILES string of the molecule is Cc1ncn(Cc2ccc(C(=N)N)cc2F)c1C. The molecule has 0 bridgehead atoms. The van der Waals surface area contributed by atoms with Crippen LogP contribution in [0.25, 0.3) is 0 Å². The Labute approximate surface area is 105 Å². The predicted molar refractivity (Wildman–Crippen MR) is 68.2 cm³/mol. The summed E-state index contributed by atoms with van der Waals surface area (Å²) in [6.45, 7) is 4.29. The molecule has 0 atom stereocenters. The first kappa shape index (κ1) is 12.3. The van der Waals surface area contributed by atoms with Gasteiger partial charge in [-0.25, -0.2) is 9.37 Å². The van der Waals surface area contributed by atoms with E-state index in [0.29, 0.717) is 17.7 Å². The maximum Gasteiger partial charge on any atom is 0.128 e. The van der Waals surface area contributed by atoms with Crippen LogP contribution in [-0.2, 0) is 6.54 Å². The van der Waals surface area contributed by atoms with Crippen molar-refractivity contribution in [1.29, 1.82) is 5.41 Å². The fourth-order valence-corrected chi connectivity index (χ4v) is 1.73. The highest BCUT2D eigenvalue weighted by Crippen LogP contribution is 2.14. The molecule has 0 aliphatic heterocycles. The van der Waals surface area contributed by atoms with Gasteiger partial charge in [0.25, 0.3) is 0 Å². The molecule has 0 saturated heterocycles. The normalized spacial score (nSPS) is 10.6. The Morgan fingerprint density at radius 1 is 1.44 bits per heavy atom. The van der Waals surface area contributed by atoms with Crippen molar-refractivity contribution in [2.24, 2.45) is 5.73 Å². The third kappa shape index (κ3) is 2.25. The zero-order valence-corrected chi connectivity index (χ0v) is 10.4. The molecule has 1 aromatic carbocycles. The summed E-state index contributed by atoms with van der Waals surface area (Å²) in [5.41, 5.74) is 8.23. The molecule has 4 nitrogen and oxygen atoms in total. The summed E-state index contributed by atoms with van der Waals surface area (Å²) in [6.07, 6.45) is 1.70. The van der Waals surface area contributed by atoms with Gasteiger partial charge in [0.15, 0.2) is 0 Å². The first-order chi connectivity index (χ1) is 8.49. The Balaban J connectivity index is 2.30. The predicted octanol–water partition coefficient (Wildman–Crippen LogP) is 1.97. The van der Waals surface area contributed by atoms with Crippen LogP contribution in [0.15, 0.2) is 24.5 Å². The molecule has 1 heterocycles. The van der Waals surface area contributed by atoms with Crippen molar-refractivity contribution in [3.05, 3.63) is 52.9 Å². The molecule has 1 aromatic heterocycles. The number of amidine groups is 1. The van der Waals surface area contributed by atoms with Crippen LogP contribution >= 0.6 is 0 Å². The summed E-state index contributed by atoms with van der Waals surface area (Å²) in [7, 11) is 0. The third-order valence-electron chi connectivity index (χ3n) is 3.05. The number of hydrogen-bond acceptors (Lipinski definition) is 2. The maximum absolute atomic E-state index is 13.8. The van der Waals surface area contributed by atoms with Gasteiger partial charge in [0, 0.05) is 16.8 Å². The topological polar surface area (TPSA) is 67.7 Å². The summed E-state index contributed by atoms with van der Waals surface area (Å²) in [4.78, 5) is 4.17. The van der Waals surface area contributed by atoms with Crippen LogP contribution in [0.1, 0.15) is 22.5 Å². The summed E-state index contributed by atoms with van der Waals surface area (Å²) in [5, 5.41) is 7.26. The molecule has 94 valence electrons. The number of imidazole rings is 1. The zero-order chi connectivity index (χ0) is 13.3. The van der Waals surface area contributed by atoms with E-state index in [9.17, 15) is 4.39 Å². The van der Waals surface area contributed by atoms with Gasteiger partial charge in [-0.2, -0.15) is 0 Å². The van der Waals surface area contributed by atoms with E-state index in [1.165, 1.54) is 6.07 Å². The Morgan fingerprint density at radius 2 is 2.17 bits per heavy atom. The number of nitrogen functional groups attached to an aromatic ring is 1. The quantitative estimate of drug-likeness (QED) is 0.642. The highest BCUT2D eigenvalue weighted by molar-refractivity contribution is 5.94. The Bertz CT molecular complexity index is 601. The standard InChI is InChI=1S/C13H15FN4/c1-8-9(2)18(7-17-8)6-11-4-3-10(13(15)16)5-12(11)14/h3-5,7H,6H2,1-2H3,(H3,15,16). The molecule has 0 aliphatic carbocycles. The number of halogens is 1. The summed E-state index contributed by atoms with van der Waals surface area (Å²) in [5.74, 6) is -0.483. The number of rotatable bonds is 3. The molecule has 0 radical (unpaired) electrons. The molecule has 2 aromatic rings. The third-order valence-corrected chi connectivity index (χ3v) is 3.05. The highest BCUT2D eigenvalue weighted by Gasteiger charge is 2.08. The molecule has 0 spiro atoms. The fraction of sp³-hybridized carbons (Fsp3) is 0.231. The Morgan fingerprint density at radius 3 is 2.67 bits per heavy atom. The van der Waals surface area contributed by atoms with E-state index >= 15 is 0 Å². The van der Waals surface area contributed by atoms with E-state index in [0.717, 1.165) is 11.4 Å². The van der Waals surface area contributed by atoms with E-state index in [1.807, 2.05) is 18.4 Å². The summed E-state index contributed by atoms with van der Waals surface area (Å²) in [6, 6.07) is 4.59. The van der Waals surface area contributed by atoms with Crippen molar-refractivity contribution < 1.29 is 4.39 Å². The second-order valence-corrected chi connectivity index (χ2v) is 4.26. The zero-order valence-electron chi connectivity index (χ0n) is 10.4. The number of nitrogens with two attached hydrogens (primary N) is 1. The van der Waals surface area contributed by atoms with E-state index < -0.39 is 0 Å². The largest absolute Gasteiger partial charge is 0.384 e. The number of nitrogens with one attached hydrogen (secondary N) is 1.